The van der Waals surface area contributed by atoms with E-state index in [1.807, 2.05) is 25.1 Å². The van der Waals surface area contributed by atoms with E-state index < -0.39 is 0 Å². The summed E-state index contributed by atoms with van der Waals surface area (Å²) < 4.78 is 21.8. The highest BCUT2D eigenvalue weighted by Crippen LogP contribution is 2.38. The minimum atomic E-state index is -0.128. The lowest BCUT2D eigenvalue weighted by molar-refractivity contribution is -0.116. The van der Waals surface area contributed by atoms with Gasteiger partial charge in [-0.25, -0.2) is 4.98 Å². The number of hydrogen-bond donors (Lipinski definition) is 1. The molecule has 2 aromatic carbocycles. The number of hydrogen-bond acceptors (Lipinski definition) is 7. The fraction of sp³-hybridized carbons (Fsp3) is 0.240. The van der Waals surface area contributed by atoms with E-state index in [1.165, 1.54) is 0 Å². The molecule has 0 fully saturated rings. The molecule has 0 saturated heterocycles. The summed E-state index contributed by atoms with van der Waals surface area (Å²) >= 11 is 0. The Morgan fingerprint density at radius 3 is 2.39 bits per heavy atom. The fourth-order valence-electron chi connectivity index (χ4n) is 3.26. The molecule has 0 atom stereocenters. The van der Waals surface area contributed by atoms with Crippen LogP contribution in [0.15, 0.2) is 48.7 Å². The number of nitriles is 1. The standard InChI is InChI=1S/C25H25N3O5/c1-16-12-19(33-25-18(15-26)6-5-11-27-25)8-9-20(16)28-23(29)10-7-17-13-21(30-2)24(32-4)22(14-17)31-3/h5-6,8-9,11-14H,7,10H2,1-4H3,(H,28,29). The Labute approximate surface area is 192 Å². The van der Waals surface area contributed by atoms with Crippen molar-refractivity contribution in [2.24, 2.45) is 0 Å². The van der Waals surface area contributed by atoms with Gasteiger partial charge in [0.15, 0.2) is 11.5 Å². The second-order valence-electron chi connectivity index (χ2n) is 7.13. The summed E-state index contributed by atoms with van der Waals surface area (Å²) in [5, 5.41) is 12.1. The first kappa shape index (κ1) is 23.4. The lowest BCUT2D eigenvalue weighted by Gasteiger charge is -2.14. The molecule has 8 nitrogen and oxygen atoms in total. The summed E-state index contributed by atoms with van der Waals surface area (Å²) in [6, 6.07) is 14.3. The molecule has 8 heteroatoms. The molecule has 0 bridgehead atoms. The van der Waals surface area contributed by atoms with Crippen LogP contribution in [0.2, 0.25) is 0 Å². The molecular formula is C25H25N3O5. The van der Waals surface area contributed by atoms with Crippen molar-refractivity contribution in [2.75, 3.05) is 26.6 Å². The average Bonchev–Trinajstić information content (AvgIpc) is 2.84. The quantitative estimate of drug-likeness (QED) is 0.509. The number of rotatable bonds is 9. The Bertz CT molecular complexity index is 1160. The smallest absolute Gasteiger partial charge is 0.237 e. The second-order valence-corrected chi connectivity index (χ2v) is 7.13. The molecule has 0 aliphatic carbocycles. The Hall–Kier alpha value is -4.25. The van der Waals surface area contributed by atoms with E-state index in [9.17, 15) is 10.1 Å². The number of nitrogens with one attached hydrogen (secondary N) is 1. The van der Waals surface area contributed by atoms with Crippen LogP contribution in [-0.2, 0) is 11.2 Å². The van der Waals surface area contributed by atoms with E-state index in [0.29, 0.717) is 40.7 Å². The van der Waals surface area contributed by atoms with Gasteiger partial charge in [0.2, 0.25) is 17.5 Å². The van der Waals surface area contributed by atoms with Crippen molar-refractivity contribution in [3.8, 4) is 34.9 Å². The van der Waals surface area contributed by atoms with Gasteiger partial charge in [-0.15, -0.1) is 0 Å². The minimum Gasteiger partial charge on any atom is -0.493 e. The monoisotopic (exact) mass is 447 g/mol. The van der Waals surface area contributed by atoms with Crippen molar-refractivity contribution >= 4 is 11.6 Å². The summed E-state index contributed by atoms with van der Waals surface area (Å²) in [4.78, 5) is 16.6. The molecule has 0 aliphatic rings. The summed E-state index contributed by atoms with van der Waals surface area (Å²) in [5.74, 6) is 2.24. The molecule has 0 radical (unpaired) electrons. The number of aromatic nitrogens is 1. The van der Waals surface area contributed by atoms with Crippen LogP contribution in [0.25, 0.3) is 0 Å². The number of anilines is 1. The summed E-state index contributed by atoms with van der Waals surface area (Å²) in [7, 11) is 4.66. The molecule has 170 valence electrons. The van der Waals surface area contributed by atoms with Gasteiger partial charge in [-0.3, -0.25) is 4.79 Å². The molecule has 1 aromatic heterocycles. The highest BCUT2D eigenvalue weighted by molar-refractivity contribution is 5.91. The van der Waals surface area contributed by atoms with Crippen LogP contribution < -0.4 is 24.3 Å². The van der Waals surface area contributed by atoms with Gasteiger partial charge in [0.1, 0.15) is 17.4 Å². The van der Waals surface area contributed by atoms with Gasteiger partial charge in [0, 0.05) is 18.3 Å². The highest BCUT2D eigenvalue weighted by Gasteiger charge is 2.14. The molecule has 1 N–H and O–H groups in total. The Kier molecular flexibility index (Phi) is 7.71. The SMILES string of the molecule is COc1cc(CCC(=O)Nc2ccc(Oc3ncccc3C#N)cc2C)cc(OC)c1OC. The van der Waals surface area contributed by atoms with Gasteiger partial charge in [0.05, 0.1) is 21.3 Å². The maximum atomic E-state index is 12.6. The minimum absolute atomic E-state index is 0.128. The zero-order valence-electron chi connectivity index (χ0n) is 19.0. The number of aryl methyl sites for hydroxylation is 2. The third-order valence-corrected chi connectivity index (χ3v) is 4.94. The largest absolute Gasteiger partial charge is 0.493 e. The summed E-state index contributed by atoms with van der Waals surface area (Å²) in [6.45, 7) is 1.87. The Balaban J connectivity index is 1.65. The van der Waals surface area contributed by atoms with Crippen molar-refractivity contribution in [1.82, 2.24) is 4.98 Å². The van der Waals surface area contributed by atoms with E-state index in [4.69, 9.17) is 18.9 Å². The first-order chi connectivity index (χ1) is 16.0. The van der Waals surface area contributed by atoms with Crippen LogP contribution in [0, 0.1) is 18.3 Å². The maximum absolute atomic E-state index is 12.6. The van der Waals surface area contributed by atoms with Gasteiger partial charge >= 0.3 is 0 Å². The Morgan fingerprint density at radius 1 is 1.06 bits per heavy atom. The van der Waals surface area contributed by atoms with Crippen LogP contribution in [-0.4, -0.2) is 32.2 Å². The van der Waals surface area contributed by atoms with Crippen LogP contribution in [0.3, 0.4) is 0 Å². The van der Waals surface area contributed by atoms with E-state index >= 15 is 0 Å². The predicted octanol–water partition coefficient (Wildman–Crippen LogP) is 4.65. The molecule has 0 aliphatic heterocycles. The zero-order valence-corrected chi connectivity index (χ0v) is 19.0. The van der Waals surface area contributed by atoms with E-state index in [1.54, 1.807) is 57.9 Å². The van der Waals surface area contributed by atoms with Crippen molar-refractivity contribution in [2.45, 2.75) is 19.8 Å². The van der Waals surface area contributed by atoms with Gasteiger partial charge < -0.3 is 24.3 Å². The van der Waals surface area contributed by atoms with E-state index in [-0.39, 0.29) is 18.2 Å². The average molecular weight is 447 g/mol. The highest BCUT2D eigenvalue weighted by atomic mass is 16.5. The first-order valence-electron chi connectivity index (χ1n) is 10.2. The number of nitrogens with zero attached hydrogens (tertiary/aromatic N) is 2. The second kappa shape index (κ2) is 10.9. The zero-order chi connectivity index (χ0) is 23.8. The summed E-state index contributed by atoms with van der Waals surface area (Å²) in [5.41, 5.74) is 2.74. The number of carbonyl (C=O) groups is 1. The normalized spacial score (nSPS) is 10.2. The van der Waals surface area contributed by atoms with E-state index in [0.717, 1.165) is 11.1 Å². The number of benzene rings is 2. The van der Waals surface area contributed by atoms with Crippen molar-refractivity contribution in [1.29, 1.82) is 5.26 Å². The predicted molar refractivity (Wildman–Crippen MR) is 123 cm³/mol. The van der Waals surface area contributed by atoms with Crippen molar-refractivity contribution in [3.63, 3.8) is 0 Å². The van der Waals surface area contributed by atoms with Crippen molar-refractivity contribution in [3.05, 3.63) is 65.4 Å². The third-order valence-electron chi connectivity index (χ3n) is 4.94. The number of methoxy groups -OCH3 is 3. The molecule has 33 heavy (non-hydrogen) atoms. The third kappa shape index (κ3) is 5.71. The summed E-state index contributed by atoms with van der Waals surface area (Å²) in [6.07, 6.45) is 2.33. The van der Waals surface area contributed by atoms with Gasteiger partial charge in [-0.1, -0.05) is 0 Å². The van der Waals surface area contributed by atoms with Gasteiger partial charge in [0.25, 0.3) is 0 Å². The number of ether oxygens (including phenoxy) is 4. The number of carbonyl (C=O) groups excluding carboxylic acids is 1. The number of amides is 1. The molecule has 1 amide bonds. The molecule has 0 unspecified atom stereocenters. The Morgan fingerprint density at radius 2 is 1.79 bits per heavy atom. The van der Waals surface area contributed by atoms with E-state index in [2.05, 4.69) is 10.3 Å². The molecule has 3 aromatic rings. The molecular weight excluding hydrogens is 422 g/mol. The van der Waals surface area contributed by atoms with Crippen LogP contribution in [0.5, 0.6) is 28.9 Å². The topological polar surface area (TPSA) is 103 Å². The lowest BCUT2D eigenvalue weighted by Crippen LogP contribution is -2.13. The molecule has 0 spiro atoms. The van der Waals surface area contributed by atoms with Crippen molar-refractivity contribution < 1.29 is 23.7 Å². The van der Waals surface area contributed by atoms with Gasteiger partial charge in [-0.05, 0) is 66.9 Å². The first-order valence-corrected chi connectivity index (χ1v) is 10.2. The number of pyridine rings is 1. The van der Waals surface area contributed by atoms with Crippen LogP contribution >= 0.6 is 0 Å². The molecule has 1 heterocycles. The maximum Gasteiger partial charge on any atom is 0.237 e. The van der Waals surface area contributed by atoms with Gasteiger partial charge in [-0.2, -0.15) is 5.26 Å². The lowest BCUT2D eigenvalue weighted by atomic mass is 10.1. The molecule has 0 saturated carbocycles. The fourth-order valence-corrected chi connectivity index (χ4v) is 3.26. The van der Waals surface area contributed by atoms with Crippen LogP contribution in [0.4, 0.5) is 5.69 Å². The molecule has 3 rings (SSSR count). The van der Waals surface area contributed by atoms with Crippen LogP contribution in [0.1, 0.15) is 23.1 Å².